The Labute approximate surface area is 163 Å². The van der Waals surface area contributed by atoms with Gasteiger partial charge in [0.2, 0.25) is 5.91 Å². The van der Waals surface area contributed by atoms with E-state index in [1.165, 1.54) is 17.3 Å². The molecule has 1 amide bonds. The highest BCUT2D eigenvalue weighted by Gasteiger charge is 2.13. The summed E-state index contributed by atoms with van der Waals surface area (Å²) >= 11 is 1.37. The topological polar surface area (TPSA) is 69.0 Å². The molecule has 0 atom stereocenters. The van der Waals surface area contributed by atoms with Crippen LogP contribution in [0.5, 0.6) is 5.75 Å². The number of nitrogens with one attached hydrogen (secondary N) is 1. The third-order valence-corrected chi connectivity index (χ3v) is 4.95. The van der Waals surface area contributed by atoms with Gasteiger partial charge in [-0.25, -0.2) is 0 Å². The Morgan fingerprint density at radius 1 is 1.15 bits per heavy atom. The van der Waals surface area contributed by atoms with Crippen molar-refractivity contribution in [2.24, 2.45) is 0 Å². The molecule has 1 heterocycles. The zero-order valence-corrected chi connectivity index (χ0v) is 16.2. The van der Waals surface area contributed by atoms with E-state index in [1.807, 2.05) is 54.0 Å². The van der Waals surface area contributed by atoms with E-state index in [1.54, 1.807) is 7.11 Å². The Hall–Kier alpha value is -2.80. The molecule has 0 aliphatic heterocycles. The fourth-order valence-corrected chi connectivity index (χ4v) is 3.48. The SMILES string of the molecule is COc1cccc(-n2c(C)nnc2SCC(=O)NCCc2ccccc2)c1. The number of thioether (sulfide) groups is 1. The monoisotopic (exact) mass is 382 g/mol. The number of hydrogen-bond acceptors (Lipinski definition) is 5. The minimum absolute atomic E-state index is 0.0197. The molecular formula is C20H22N4O2S. The Balaban J connectivity index is 1.57. The molecule has 3 rings (SSSR count). The van der Waals surface area contributed by atoms with Gasteiger partial charge in [-0.05, 0) is 31.0 Å². The molecule has 1 aromatic heterocycles. The van der Waals surface area contributed by atoms with Gasteiger partial charge < -0.3 is 10.1 Å². The highest BCUT2D eigenvalue weighted by atomic mass is 32.2. The third kappa shape index (κ3) is 5.10. The molecule has 1 N–H and O–H groups in total. The van der Waals surface area contributed by atoms with Gasteiger partial charge in [-0.1, -0.05) is 48.2 Å². The summed E-state index contributed by atoms with van der Waals surface area (Å²) in [6, 6.07) is 17.8. The molecule has 3 aromatic rings. The van der Waals surface area contributed by atoms with Crippen LogP contribution in [-0.4, -0.2) is 40.1 Å². The van der Waals surface area contributed by atoms with Crippen molar-refractivity contribution in [3.8, 4) is 11.4 Å². The summed E-state index contributed by atoms with van der Waals surface area (Å²) in [6.07, 6.45) is 0.816. The van der Waals surface area contributed by atoms with Gasteiger partial charge in [0.25, 0.3) is 0 Å². The van der Waals surface area contributed by atoms with E-state index >= 15 is 0 Å². The van der Waals surface area contributed by atoms with Crippen LogP contribution < -0.4 is 10.1 Å². The van der Waals surface area contributed by atoms with Crippen LogP contribution in [0.1, 0.15) is 11.4 Å². The summed E-state index contributed by atoms with van der Waals surface area (Å²) in [4.78, 5) is 12.2. The van der Waals surface area contributed by atoms with E-state index in [-0.39, 0.29) is 11.7 Å². The van der Waals surface area contributed by atoms with Crippen LogP contribution in [0.15, 0.2) is 59.8 Å². The largest absolute Gasteiger partial charge is 0.497 e. The predicted octanol–water partition coefficient (Wildman–Crippen LogP) is 3.04. The summed E-state index contributed by atoms with van der Waals surface area (Å²) < 4.78 is 7.21. The van der Waals surface area contributed by atoms with Crippen molar-refractivity contribution >= 4 is 17.7 Å². The summed E-state index contributed by atoms with van der Waals surface area (Å²) in [5, 5.41) is 12.0. The van der Waals surface area contributed by atoms with Crippen LogP contribution in [0, 0.1) is 6.92 Å². The average molecular weight is 382 g/mol. The zero-order chi connectivity index (χ0) is 19.1. The van der Waals surface area contributed by atoms with E-state index in [2.05, 4.69) is 27.6 Å². The number of amides is 1. The first kappa shape index (κ1) is 19.0. The standard InChI is InChI=1S/C20H22N4O2S/c1-15-22-23-20(24(15)17-9-6-10-18(13-17)26-2)27-14-19(25)21-12-11-16-7-4-3-5-8-16/h3-10,13H,11-12,14H2,1-2H3,(H,21,25). The number of carbonyl (C=O) groups is 1. The lowest BCUT2D eigenvalue weighted by Gasteiger charge is -2.10. The molecule has 0 fully saturated rings. The molecule has 27 heavy (non-hydrogen) atoms. The average Bonchev–Trinajstić information content (AvgIpc) is 3.07. The summed E-state index contributed by atoms with van der Waals surface area (Å²) in [5.74, 6) is 1.79. The maximum absolute atomic E-state index is 12.2. The number of rotatable bonds is 8. The molecule has 0 aliphatic rings. The van der Waals surface area contributed by atoms with E-state index in [0.29, 0.717) is 11.7 Å². The molecule has 0 bridgehead atoms. The van der Waals surface area contributed by atoms with Gasteiger partial charge >= 0.3 is 0 Å². The van der Waals surface area contributed by atoms with Gasteiger partial charge in [0.1, 0.15) is 11.6 Å². The molecule has 0 saturated heterocycles. The van der Waals surface area contributed by atoms with Crippen molar-refractivity contribution < 1.29 is 9.53 Å². The van der Waals surface area contributed by atoms with Crippen molar-refractivity contribution in [3.05, 3.63) is 66.0 Å². The molecule has 2 aromatic carbocycles. The Morgan fingerprint density at radius 2 is 1.96 bits per heavy atom. The van der Waals surface area contributed by atoms with Crippen LogP contribution in [0.3, 0.4) is 0 Å². The Morgan fingerprint density at radius 3 is 2.74 bits per heavy atom. The molecule has 0 unspecified atom stereocenters. The lowest BCUT2D eigenvalue weighted by molar-refractivity contribution is -0.118. The van der Waals surface area contributed by atoms with E-state index in [4.69, 9.17) is 4.74 Å². The molecule has 140 valence electrons. The van der Waals surface area contributed by atoms with Crippen LogP contribution in [0.2, 0.25) is 0 Å². The normalized spacial score (nSPS) is 10.6. The Kier molecular flexibility index (Phi) is 6.49. The zero-order valence-electron chi connectivity index (χ0n) is 15.4. The second-order valence-electron chi connectivity index (χ2n) is 5.94. The third-order valence-electron chi connectivity index (χ3n) is 4.02. The first-order valence-corrected chi connectivity index (χ1v) is 9.66. The van der Waals surface area contributed by atoms with E-state index < -0.39 is 0 Å². The number of nitrogens with zero attached hydrogens (tertiary/aromatic N) is 3. The lowest BCUT2D eigenvalue weighted by Crippen LogP contribution is -2.27. The van der Waals surface area contributed by atoms with Crippen molar-refractivity contribution in [3.63, 3.8) is 0 Å². The molecule has 0 aliphatic carbocycles. The number of ether oxygens (including phenoxy) is 1. The minimum Gasteiger partial charge on any atom is -0.497 e. The van der Waals surface area contributed by atoms with Crippen molar-refractivity contribution in [1.82, 2.24) is 20.1 Å². The summed E-state index contributed by atoms with van der Waals surface area (Å²) in [6.45, 7) is 2.50. The number of benzene rings is 2. The van der Waals surface area contributed by atoms with Gasteiger partial charge in [0.05, 0.1) is 18.6 Å². The van der Waals surface area contributed by atoms with Gasteiger partial charge in [0.15, 0.2) is 5.16 Å². The highest BCUT2D eigenvalue weighted by Crippen LogP contribution is 2.24. The number of aryl methyl sites for hydroxylation is 1. The molecule has 0 radical (unpaired) electrons. The van der Waals surface area contributed by atoms with Crippen LogP contribution in [0.4, 0.5) is 0 Å². The fraction of sp³-hybridized carbons (Fsp3) is 0.250. The smallest absolute Gasteiger partial charge is 0.230 e. The fourth-order valence-electron chi connectivity index (χ4n) is 2.66. The lowest BCUT2D eigenvalue weighted by atomic mass is 10.1. The second kappa shape index (κ2) is 9.23. The van der Waals surface area contributed by atoms with Gasteiger partial charge in [-0.15, -0.1) is 10.2 Å². The van der Waals surface area contributed by atoms with Gasteiger partial charge in [0, 0.05) is 12.6 Å². The molecular weight excluding hydrogens is 360 g/mol. The van der Waals surface area contributed by atoms with E-state index in [9.17, 15) is 4.79 Å². The maximum Gasteiger partial charge on any atom is 0.230 e. The summed E-state index contributed by atoms with van der Waals surface area (Å²) in [5.41, 5.74) is 2.11. The summed E-state index contributed by atoms with van der Waals surface area (Å²) in [7, 11) is 1.63. The number of aromatic nitrogens is 3. The number of hydrogen-bond donors (Lipinski definition) is 1. The maximum atomic E-state index is 12.2. The first-order chi connectivity index (χ1) is 13.2. The van der Waals surface area contributed by atoms with Gasteiger partial charge in [-0.3, -0.25) is 9.36 Å². The Bertz CT molecular complexity index is 896. The number of carbonyl (C=O) groups excluding carboxylic acids is 1. The van der Waals surface area contributed by atoms with Crippen LogP contribution in [0.25, 0.3) is 5.69 Å². The van der Waals surface area contributed by atoms with E-state index in [0.717, 1.165) is 23.7 Å². The predicted molar refractivity (Wildman–Crippen MR) is 107 cm³/mol. The van der Waals surface area contributed by atoms with Crippen molar-refractivity contribution in [2.45, 2.75) is 18.5 Å². The van der Waals surface area contributed by atoms with Crippen molar-refractivity contribution in [2.75, 3.05) is 19.4 Å². The van der Waals surface area contributed by atoms with Crippen LogP contribution in [-0.2, 0) is 11.2 Å². The quantitative estimate of drug-likeness (QED) is 0.607. The molecule has 7 heteroatoms. The second-order valence-corrected chi connectivity index (χ2v) is 6.88. The molecule has 0 saturated carbocycles. The molecule has 6 nitrogen and oxygen atoms in total. The van der Waals surface area contributed by atoms with Crippen LogP contribution >= 0.6 is 11.8 Å². The highest BCUT2D eigenvalue weighted by molar-refractivity contribution is 7.99. The number of methoxy groups -OCH3 is 1. The minimum atomic E-state index is -0.0197. The van der Waals surface area contributed by atoms with Crippen molar-refractivity contribution in [1.29, 1.82) is 0 Å². The van der Waals surface area contributed by atoms with Gasteiger partial charge in [-0.2, -0.15) is 0 Å². The molecule has 0 spiro atoms. The first-order valence-electron chi connectivity index (χ1n) is 8.67.